The number of benzene rings is 1. The monoisotopic (exact) mass is 401 g/mol. The zero-order valence-electron chi connectivity index (χ0n) is 16.0. The van der Waals surface area contributed by atoms with Crippen LogP contribution in [0.15, 0.2) is 30.5 Å². The number of anilines is 1. The summed E-state index contributed by atoms with van der Waals surface area (Å²) in [5.41, 5.74) is 2.31. The van der Waals surface area contributed by atoms with E-state index in [1.165, 1.54) is 18.2 Å². The molecule has 146 valence electrons. The van der Waals surface area contributed by atoms with Gasteiger partial charge in [0.25, 0.3) is 5.91 Å². The van der Waals surface area contributed by atoms with Crippen LogP contribution in [0.1, 0.15) is 16.1 Å². The second-order valence-corrected chi connectivity index (χ2v) is 6.79. The predicted octanol–water partition coefficient (Wildman–Crippen LogP) is 2.65. The maximum atomic E-state index is 12.7. The number of ether oxygens (including phenoxy) is 1. The fourth-order valence-corrected chi connectivity index (χ4v) is 3.07. The molecule has 0 saturated heterocycles. The summed E-state index contributed by atoms with van der Waals surface area (Å²) >= 11 is 5.97. The van der Waals surface area contributed by atoms with Gasteiger partial charge in [0.2, 0.25) is 5.91 Å². The number of carbonyl (C=O) groups excluding carboxylic acids is 2. The average molecular weight is 402 g/mol. The molecule has 0 radical (unpaired) electrons. The van der Waals surface area contributed by atoms with Crippen molar-refractivity contribution in [2.45, 2.75) is 6.92 Å². The molecule has 0 aliphatic heterocycles. The van der Waals surface area contributed by atoms with E-state index in [1.54, 1.807) is 43.0 Å². The highest BCUT2D eigenvalue weighted by Crippen LogP contribution is 2.27. The summed E-state index contributed by atoms with van der Waals surface area (Å²) in [6.07, 6.45) is 1.49. The number of aryl methyl sites for hydroxylation is 2. The molecule has 0 fully saturated rings. The summed E-state index contributed by atoms with van der Waals surface area (Å²) in [4.78, 5) is 30.7. The number of rotatable bonds is 5. The molecule has 3 rings (SSSR count). The maximum Gasteiger partial charge on any atom is 0.255 e. The van der Waals surface area contributed by atoms with Crippen LogP contribution >= 0.6 is 11.6 Å². The first-order valence-corrected chi connectivity index (χ1v) is 8.86. The molecule has 0 aliphatic rings. The van der Waals surface area contributed by atoms with Crippen molar-refractivity contribution in [1.82, 2.24) is 19.7 Å². The first kappa shape index (κ1) is 19.6. The summed E-state index contributed by atoms with van der Waals surface area (Å²) in [5.74, 6) is -0.206. The zero-order valence-corrected chi connectivity index (χ0v) is 16.7. The van der Waals surface area contributed by atoms with Gasteiger partial charge in [-0.05, 0) is 31.2 Å². The van der Waals surface area contributed by atoms with Crippen LogP contribution < -0.4 is 10.1 Å². The van der Waals surface area contributed by atoms with Crippen molar-refractivity contribution in [3.63, 3.8) is 0 Å². The van der Waals surface area contributed by atoms with Crippen LogP contribution in [0.4, 0.5) is 5.69 Å². The number of hydrogen-bond donors (Lipinski definition) is 1. The third-order valence-electron chi connectivity index (χ3n) is 4.27. The van der Waals surface area contributed by atoms with E-state index >= 15 is 0 Å². The van der Waals surface area contributed by atoms with Crippen LogP contribution in [-0.2, 0) is 11.8 Å². The molecule has 8 nitrogen and oxygen atoms in total. The first-order chi connectivity index (χ1) is 13.3. The molecule has 0 bridgehead atoms. The molecule has 2 heterocycles. The number of carbonyl (C=O) groups is 2. The Balaban J connectivity index is 1.73. The van der Waals surface area contributed by atoms with E-state index in [1.807, 2.05) is 6.92 Å². The molecule has 0 atom stereocenters. The lowest BCUT2D eigenvalue weighted by Gasteiger charge is -2.17. The number of nitrogens with zero attached hydrogens (tertiary/aromatic N) is 4. The first-order valence-electron chi connectivity index (χ1n) is 8.48. The second-order valence-electron chi connectivity index (χ2n) is 6.36. The van der Waals surface area contributed by atoms with Crippen molar-refractivity contribution in [2.75, 3.05) is 26.0 Å². The van der Waals surface area contributed by atoms with E-state index in [0.29, 0.717) is 27.7 Å². The van der Waals surface area contributed by atoms with Crippen molar-refractivity contribution in [2.24, 2.45) is 7.05 Å². The molecule has 2 amide bonds. The van der Waals surface area contributed by atoms with Gasteiger partial charge in [-0.2, -0.15) is 5.10 Å². The van der Waals surface area contributed by atoms with Gasteiger partial charge in [-0.1, -0.05) is 11.6 Å². The number of hydrogen-bond acceptors (Lipinski definition) is 5. The van der Waals surface area contributed by atoms with Gasteiger partial charge in [0, 0.05) is 30.7 Å². The van der Waals surface area contributed by atoms with Crippen LogP contribution in [0.25, 0.3) is 11.0 Å². The van der Waals surface area contributed by atoms with Crippen LogP contribution in [0.2, 0.25) is 5.02 Å². The van der Waals surface area contributed by atoms with Crippen LogP contribution in [0.3, 0.4) is 0 Å². The molecule has 0 saturated carbocycles. The molecule has 1 N–H and O–H groups in total. The Labute approximate surface area is 167 Å². The van der Waals surface area contributed by atoms with Gasteiger partial charge in [0.1, 0.15) is 5.75 Å². The van der Waals surface area contributed by atoms with Gasteiger partial charge in [-0.25, -0.2) is 4.98 Å². The minimum Gasteiger partial charge on any atom is -0.495 e. The number of fused-ring (bicyclic) bond motifs is 1. The summed E-state index contributed by atoms with van der Waals surface area (Å²) in [6, 6.07) is 6.64. The van der Waals surface area contributed by atoms with Gasteiger partial charge in [0.15, 0.2) is 5.65 Å². The van der Waals surface area contributed by atoms with Crippen molar-refractivity contribution >= 4 is 40.1 Å². The number of amides is 2. The van der Waals surface area contributed by atoms with Crippen LogP contribution in [0, 0.1) is 6.92 Å². The largest absolute Gasteiger partial charge is 0.495 e. The number of pyridine rings is 1. The van der Waals surface area contributed by atoms with Gasteiger partial charge in [-0.3, -0.25) is 14.3 Å². The highest BCUT2D eigenvalue weighted by molar-refractivity contribution is 6.31. The predicted molar refractivity (Wildman–Crippen MR) is 107 cm³/mol. The molecule has 0 unspecified atom stereocenters. The standard InChI is InChI=1S/C19H20ClN5O3/c1-11-14-7-12(9-21-18(14)25(3)23-11)19(27)24(2)10-17(26)22-15-8-13(20)5-6-16(15)28-4/h5-9H,10H2,1-4H3,(H,22,26). The van der Waals surface area contributed by atoms with E-state index in [0.717, 1.165) is 11.1 Å². The number of aromatic nitrogens is 3. The SMILES string of the molecule is COc1ccc(Cl)cc1NC(=O)CN(C)C(=O)c1cnc2c(c1)c(C)nn2C. The Morgan fingerprint density at radius 1 is 1.32 bits per heavy atom. The van der Waals surface area contributed by atoms with E-state index in [2.05, 4.69) is 15.4 Å². The topological polar surface area (TPSA) is 89.3 Å². The Bertz CT molecular complexity index is 1060. The van der Waals surface area contributed by atoms with Crippen LogP contribution in [0.5, 0.6) is 5.75 Å². The number of methoxy groups -OCH3 is 1. The molecule has 0 aliphatic carbocycles. The molecule has 9 heteroatoms. The number of halogens is 1. The van der Waals surface area contributed by atoms with Crippen molar-refractivity contribution in [3.8, 4) is 5.75 Å². The summed E-state index contributed by atoms with van der Waals surface area (Å²) < 4.78 is 6.87. The molecule has 28 heavy (non-hydrogen) atoms. The smallest absolute Gasteiger partial charge is 0.255 e. The summed E-state index contributed by atoms with van der Waals surface area (Å²) in [7, 11) is 4.85. The Morgan fingerprint density at radius 3 is 2.79 bits per heavy atom. The highest BCUT2D eigenvalue weighted by atomic mass is 35.5. The lowest BCUT2D eigenvalue weighted by molar-refractivity contribution is -0.116. The normalized spacial score (nSPS) is 10.8. The summed E-state index contributed by atoms with van der Waals surface area (Å²) in [6.45, 7) is 1.71. The molecular formula is C19H20ClN5O3. The second kappa shape index (κ2) is 7.85. The van der Waals surface area contributed by atoms with E-state index in [4.69, 9.17) is 16.3 Å². The fourth-order valence-electron chi connectivity index (χ4n) is 2.90. The third-order valence-corrected chi connectivity index (χ3v) is 4.51. The Hall–Kier alpha value is -3.13. The zero-order chi connectivity index (χ0) is 20.4. The molecular weight excluding hydrogens is 382 g/mol. The minimum absolute atomic E-state index is 0.140. The Morgan fingerprint density at radius 2 is 2.07 bits per heavy atom. The number of nitrogens with one attached hydrogen (secondary N) is 1. The van der Waals surface area contributed by atoms with Gasteiger partial charge >= 0.3 is 0 Å². The van der Waals surface area contributed by atoms with E-state index < -0.39 is 0 Å². The van der Waals surface area contributed by atoms with Crippen molar-refractivity contribution in [3.05, 3.63) is 46.7 Å². The van der Waals surface area contributed by atoms with Gasteiger partial charge < -0.3 is 15.0 Å². The lowest BCUT2D eigenvalue weighted by Crippen LogP contribution is -2.35. The van der Waals surface area contributed by atoms with E-state index in [-0.39, 0.29) is 18.4 Å². The molecule has 1 aromatic carbocycles. The molecule has 2 aromatic heterocycles. The van der Waals surface area contributed by atoms with E-state index in [9.17, 15) is 9.59 Å². The molecule has 0 spiro atoms. The third kappa shape index (κ3) is 3.91. The fraction of sp³-hybridized carbons (Fsp3) is 0.263. The maximum absolute atomic E-state index is 12.7. The Kier molecular flexibility index (Phi) is 5.51. The quantitative estimate of drug-likeness (QED) is 0.709. The lowest BCUT2D eigenvalue weighted by atomic mass is 10.2. The van der Waals surface area contributed by atoms with Crippen molar-refractivity contribution in [1.29, 1.82) is 0 Å². The highest BCUT2D eigenvalue weighted by Gasteiger charge is 2.18. The van der Waals surface area contributed by atoms with Gasteiger partial charge in [-0.15, -0.1) is 0 Å². The number of likely N-dealkylation sites (N-methyl/N-ethyl adjacent to an activating group) is 1. The average Bonchev–Trinajstić information content (AvgIpc) is 2.94. The van der Waals surface area contributed by atoms with Crippen molar-refractivity contribution < 1.29 is 14.3 Å². The van der Waals surface area contributed by atoms with Gasteiger partial charge in [0.05, 0.1) is 30.6 Å². The molecule has 3 aromatic rings. The van der Waals surface area contributed by atoms with Crippen LogP contribution in [-0.4, -0.2) is 52.2 Å². The summed E-state index contributed by atoms with van der Waals surface area (Å²) in [5, 5.41) is 8.27. The minimum atomic E-state index is -0.372.